The van der Waals surface area contributed by atoms with Crippen molar-refractivity contribution in [1.29, 1.82) is 0 Å². The Hall–Kier alpha value is -4.27. The summed E-state index contributed by atoms with van der Waals surface area (Å²) in [5, 5.41) is 11.3. The molecule has 0 saturated heterocycles. The number of para-hydroxylation sites is 3. The molecule has 4 aromatic rings. The van der Waals surface area contributed by atoms with Crippen molar-refractivity contribution in [2.45, 2.75) is 32.9 Å². The Kier molecular flexibility index (Phi) is 7.89. The van der Waals surface area contributed by atoms with Crippen LogP contribution in [0.3, 0.4) is 0 Å². The number of anilines is 1. The number of aromatic nitrogens is 4. The molecule has 1 atom stereocenters. The van der Waals surface area contributed by atoms with Crippen molar-refractivity contribution in [3.8, 4) is 5.75 Å². The minimum absolute atomic E-state index is 0.116. The lowest BCUT2D eigenvalue weighted by Gasteiger charge is -2.32. The van der Waals surface area contributed by atoms with Gasteiger partial charge in [0.1, 0.15) is 23.9 Å². The van der Waals surface area contributed by atoms with Crippen molar-refractivity contribution < 1.29 is 14.3 Å². The number of carbonyl (C=O) groups excluding carboxylic acids is 2. The van der Waals surface area contributed by atoms with Crippen LogP contribution in [0.2, 0.25) is 0 Å². The highest BCUT2D eigenvalue weighted by atomic mass is 16.5. The first-order chi connectivity index (χ1) is 17.5. The van der Waals surface area contributed by atoms with E-state index in [4.69, 9.17) is 4.74 Å². The second-order valence-electron chi connectivity index (χ2n) is 8.83. The van der Waals surface area contributed by atoms with Crippen LogP contribution in [0.1, 0.15) is 31.9 Å². The molecule has 0 aliphatic heterocycles. The molecule has 4 rings (SSSR count). The van der Waals surface area contributed by atoms with Gasteiger partial charge in [0.15, 0.2) is 0 Å². The predicted octanol–water partition coefficient (Wildman–Crippen LogP) is 3.77. The monoisotopic (exact) mass is 486 g/mol. The van der Waals surface area contributed by atoms with E-state index in [2.05, 4.69) is 34.5 Å². The van der Waals surface area contributed by atoms with E-state index in [0.29, 0.717) is 35.0 Å². The van der Waals surface area contributed by atoms with E-state index in [0.717, 1.165) is 11.9 Å². The summed E-state index contributed by atoms with van der Waals surface area (Å²) in [5.74, 6) is 0.252. The highest BCUT2D eigenvalue weighted by molar-refractivity contribution is 6.02. The summed E-state index contributed by atoms with van der Waals surface area (Å²) in [7, 11) is 1.54. The average molecular weight is 487 g/mol. The molecule has 2 amide bonds. The normalized spacial score (nSPS) is 11.9. The summed E-state index contributed by atoms with van der Waals surface area (Å²) in [6.45, 7) is 4.57. The number of rotatable bonds is 10. The zero-order valence-electron chi connectivity index (χ0n) is 20.7. The Labute approximate surface area is 210 Å². The smallest absolute Gasteiger partial charge is 0.249 e. The second kappa shape index (κ2) is 11.4. The van der Waals surface area contributed by atoms with Crippen LogP contribution in [0.15, 0.2) is 73.1 Å². The Balaban J connectivity index is 1.78. The molecule has 9 nitrogen and oxygen atoms in total. The molecule has 9 heteroatoms. The van der Waals surface area contributed by atoms with Crippen molar-refractivity contribution in [1.82, 2.24) is 25.3 Å². The molecule has 2 aromatic carbocycles. The first kappa shape index (κ1) is 24.8. The minimum atomic E-state index is -0.968. The molecule has 36 heavy (non-hydrogen) atoms. The van der Waals surface area contributed by atoms with Crippen LogP contribution in [0, 0.1) is 5.92 Å². The van der Waals surface area contributed by atoms with Crippen molar-refractivity contribution in [3.63, 3.8) is 0 Å². The fraction of sp³-hybridized carbons (Fsp3) is 0.296. The van der Waals surface area contributed by atoms with Crippen molar-refractivity contribution in [3.05, 3.63) is 78.6 Å². The van der Waals surface area contributed by atoms with Gasteiger partial charge in [0, 0.05) is 24.5 Å². The van der Waals surface area contributed by atoms with Crippen LogP contribution in [0.25, 0.3) is 11.0 Å². The fourth-order valence-electron chi connectivity index (χ4n) is 4.02. The van der Waals surface area contributed by atoms with Crippen molar-refractivity contribution >= 4 is 28.5 Å². The number of nitrogens with zero attached hydrogens (tertiary/aromatic N) is 5. The van der Waals surface area contributed by atoms with Crippen LogP contribution < -0.4 is 15.0 Å². The van der Waals surface area contributed by atoms with Gasteiger partial charge in [-0.1, -0.05) is 49.4 Å². The maximum absolute atomic E-state index is 14.0. The minimum Gasteiger partial charge on any atom is -0.495 e. The zero-order valence-corrected chi connectivity index (χ0v) is 20.7. The number of nitrogens with one attached hydrogen (secondary N) is 1. The standard InChI is InChI=1S/C27H30N6O3/c1-19(2)14-16-29-27(35)26(20-9-8-15-28-17-20)33(23-12-6-7-13-24(23)36-3)25(34)18-32-22-11-5-4-10-21(22)30-31-32/h4-13,15,17,19,26H,14,16,18H2,1-3H3,(H,29,35). The third-order valence-corrected chi connectivity index (χ3v) is 5.85. The lowest BCUT2D eigenvalue weighted by Crippen LogP contribution is -2.45. The Morgan fingerprint density at radius 3 is 2.58 bits per heavy atom. The number of amides is 2. The van der Waals surface area contributed by atoms with Crippen molar-refractivity contribution in [2.75, 3.05) is 18.6 Å². The summed E-state index contributed by atoms with van der Waals surface area (Å²) in [5.41, 5.74) is 2.47. The van der Waals surface area contributed by atoms with Gasteiger partial charge in [-0.3, -0.25) is 19.5 Å². The molecule has 186 valence electrons. The molecule has 0 bridgehead atoms. The van der Waals surface area contributed by atoms with Crippen LogP contribution in [-0.2, 0) is 16.1 Å². The summed E-state index contributed by atoms with van der Waals surface area (Å²) in [6, 6.07) is 17.1. The first-order valence-electron chi connectivity index (χ1n) is 11.9. The van der Waals surface area contributed by atoms with E-state index < -0.39 is 6.04 Å². The van der Waals surface area contributed by atoms with Gasteiger partial charge in [-0.05, 0) is 42.7 Å². The Morgan fingerprint density at radius 2 is 1.83 bits per heavy atom. The van der Waals surface area contributed by atoms with Gasteiger partial charge in [-0.15, -0.1) is 5.10 Å². The number of fused-ring (bicyclic) bond motifs is 1. The lowest BCUT2D eigenvalue weighted by molar-refractivity contribution is -0.127. The van der Waals surface area contributed by atoms with Crippen LogP contribution in [-0.4, -0.2) is 45.4 Å². The number of hydrogen-bond acceptors (Lipinski definition) is 6. The SMILES string of the molecule is COc1ccccc1N(C(=O)Cn1nnc2ccccc21)C(C(=O)NCCC(C)C)c1cccnc1. The average Bonchev–Trinajstić information content (AvgIpc) is 3.30. The summed E-state index contributed by atoms with van der Waals surface area (Å²) >= 11 is 0. The topological polar surface area (TPSA) is 102 Å². The van der Waals surface area contributed by atoms with E-state index >= 15 is 0 Å². The van der Waals surface area contributed by atoms with E-state index in [1.807, 2.05) is 30.3 Å². The molecule has 0 saturated carbocycles. The molecule has 0 aliphatic rings. The van der Waals surface area contributed by atoms with Crippen LogP contribution in [0.4, 0.5) is 5.69 Å². The van der Waals surface area contributed by atoms with Gasteiger partial charge >= 0.3 is 0 Å². The number of carbonyl (C=O) groups is 2. The van der Waals surface area contributed by atoms with Gasteiger partial charge < -0.3 is 10.1 Å². The van der Waals surface area contributed by atoms with E-state index in [1.54, 1.807) is 42.7 Å². The second-order valence-corrected chi connectivity index (χ2v) is 8.83. The fourth-order valence-corrected chi connectivity index (χ4v) is 4.02. The summed E-state index contributed by atoms with van der Waals surface area (Å²) in [4.78, 5) is 33.3. The van der Waals surface area contributed by atoms with Gasteiger partial charge in [0.05, 0.1) is 18.3 Å². The Bertz CT molecular complexity index is 1320. The maximum atomic E-state index is 14.0. The number of hydrogen-bond donors (Lipinski definition) is 1. The number of ether oxygens (including phenoxy) is 1. The number of benzene rings is 2. The zero-order chi connectivity index (χ0) is 25.5. The van der Waals surface area contributed by atoms with Gasteiger partial charge in [0.2, 0.25) is 11.8 Å². The largest absolute Gasteiger partial charge is 0.495 e. The maximum Gasteiger partial charge on any atom is 0.249 e. The highest BCUT2D eigenvalue weighted by Crippen LogP contribution is 2.35. The molecular weight excluding hydrogens is 456 g/mol. The van der Waals surface area contributed by atoms with E-state index in [9.17, 15) is 9.59 Å². The molecule has 0 fully saturated rings. The lowest BCUT2D eigenvalue weighted by atomic mass is 10.0. The predicted molar refractivity (Wildman–Crippen MR) is 137 cm³/mol. The van der Waals surface area contributed by atoms with E-state index in [-0.39, 0.29) is 18.4 Å². The van der Waals surface area contributed by atoms with Crippen LogP contribution in [0.5, 0.6) is 5.75 Å². The number of methoxy groups -OCH3 is 1. The third kappa shape index (κ3) is 5.51. The molecule has 0 spiro atoms. The van der Waals surface area contributed by atoms with Gasteiger partial charge in [0.25, 0.3) is 0 Å². The third-order valence-electron chi connectivity index (χ3n) is 5.85. The highest BCUT2D eigenvalue weighted by Gasteiger charge is 2.34. The van der Waals surface area contributed by atoms with E-state index in [1.165, 1.54) is 16.7 Å². The van der Waals surface area contributed by atoms with Gasteiger partial charge in [-0.25, -0.2) is 4.68 Å². The van der Waals surface area contributed by atoms with Crippen molar-refractivity contribution in [2.24, 2.45) is 5.92 Å². The molecule has 1 unspecified atom stereocenters. The molecule has 2 aromatic heterocycles. The Morgan fingerprint density at radius 1 is 1.06 bits per heavy atom. The molecule has 0 aliphatic carbocycles. The molecule has 0 radical (unpaired) electrons. The quantitative estimate of drug-likeness (QED) is 0.366. The molecular formula is C27H30N6O3. The molecule has 2 heterocycles. The summed E-state index contributed by atoms with van der Waals surface area (Å²) < 4.78 is 7.12. The first-order valence-corrected chi connectivity index (χ1v) is 11.9. The number of pyridine rings is 1. The molecule has 1 N–H and O–H groups in total. The van der Waals surface area contributed by atoms with Gasteiger partial charge in [-0.2, -0.15) is 0 Å². The summed E-state index contributed by atoms with van der Waals surface area (Å²) in [6.07, 6.45) is 4.06. The van der Waals surface area contributed by atoms with Crippen LogP contribution >= 0.6 is 0 Å².